The Labute approximate surface area is 193 Å². The number of amides is 1. The van der Waals surface area contributed by atoms with Gasteiger partial charge in [-0.2, -0.15) is 0 Å². The molecule has 2 aliphatic rings. The summed E-state index contributed by atoms with van der Waals surface area (Å²) in [6, 6.07) is 8.97. The summed E-state index contributed by atoms with van der Waals surface area (Å²) >= 11 is 0. The summed E-state index contributed by atoms with van der Waals surface area (Å²) in [4.78, 5) is 18.5. The molecule has 5 nitrogen and oxygen atoms in total. The molecule has 2 aromatic rings. The minimum absolute atomic E-state index is 0.209. The quantitative estimate of drug-likeness (QED) is 0.675. The number of carbonyl (C=O) groups excluding carboxylic acids is 1. The highest BCUT2D eigenvalue weighted by Crippen LogP contribution is 2.39. The van der Waals surface area contributed by atoms with Gasteiger partial charge in [0.05, 0.1) is 11.0 Å². The molecule has 1 aliphatic carbocycles. The van der Waals surface area contributed by atoms with E-state index in [0.29, 0.717) is 29.7 Å². The second-order valence-corrected chi connectivity index (χ2v) is 10.4. The van der Waals surface area contributed by atoms with Crippen molar-refractivity contribution in [1.82, 2.24) is 19.8 Å². The van der Waals surface area contributed by atoms with Gasteiger partial charge in [-0.15, -0.1) is 0 Å². The first-order valence-electron chi connectivity index (χ1n) is 12.4. The van der Waals surface area contributed by atoms with Crippen molar-refractivity contribution in [3.05, 3.63) is 41.7 Å². The van der Waals surface area contributed by atoms with E-state index in [1.54, 1.807) is 6.92 Å². The number of rotatable bonds is 6. The summed E-state index contributed by atoms with van der Waals surface area (Å²) in [7, 11) is 2.15. The molecule has 2 heterocycles. The van der Waals surface area contributed by atoms with Gasteiger partial charge < -0.3 is 14.8 Å². The molecule has 0 unspecified atom stereocenters. The Morgan fingerprint density at radius 2 is 1.94 bits per heavy atom. The molecule has 1 amide bonds. The predicted molar refractivity (Wildman–Crippen MR) is 131 cm³/mol. The number of hydrogen-bond donors (Lipinski definition) is 1. The average Bonchev–Trinajstić information content (AvgIpc) is 3.09. The number of nitrogens with one attached hydrogen (secondary N) is 1. The number of hydrogen-bond acceptors (Lipinski definition) is 3. The van der Waals surface area contributed by atoms with E-state index in [4.69, 9.17) is 4.98 Å². The molecule has 1 saturated heterocycles. The number of benzene rings is 1. The third-order valence-electron chi connectivity index (χ3n) is 7.98. The third-order valence-corrected chi connectivity index (χ3v) is 7.98. The molecule has 32 heavy (non-hydrogen) atoms. The van der Waals surface area contributed by atoms with Crippen LogP contribution in [0.25, 0.3) is 11.0 Å². The molecular weight excluding hydrogens is 396 g/mol. The van der Waals surface area contributed by atoms with Crippen molar-refractivity contribution in [1.29, 1.82) is 0 Å². The van der Waals surface area contributed by atoms with Crippen LogP contribution < -0.4 is 5.32 Å². The van der Waals surface area contributed by atoms with Gasteiger partial charge >= 0.3 is 0 Å². The van der Waals surface area contributed by atoms with Gasteiger partial charge in [0, 0.05) is 46.1 Å². The van der Waals surface area contributed by atoms with Crippen molar-refractivity contribution in [2.75, 3.05) is 19.6 Å². The van der Waals surface area contributed by atoms with Crippen LogP contribution in [0.3, 0.4) is 0 Å². The number of likely N-dealkylation sites (tertiary alicyclic amines) is 1. The summed E-state index contributed by atoms with van der Waals surface area (Å²) in [5.41, 5.74) is 3.84. The fourth-order valence-electron chi connectivity index (χ4n) is 5.81. The topological polar surface area (TPSA) is 50.2 Å². The number of para-hydroxylation sites is 2. The van der Waals surface area contributed by atoms with Crippen LogP contribution in [0.15, 0.2) is 35.9 Å². The summed E-state index contributed by atoms with van der Waals surface area (Å²) in [5, 5.41) is 3.85. The lowest BCUT2D eigenvalue weighted by Gasteiger charge is -2.39. The highest BCUT2D eigenvalue weighted by Gasteiger charge is 2.33. The van der Waals surface area contributed by atoms with Crippen molar-refractivity contribution in [2.45, 2.75) is 59.4 Å². The molecule has 1 N–H and O–H groups in total. The van der Waals surface area contributed by atoms with Crippen molar-refractivity contribution in [3.63, 3.8) is 0 Å². The van der Waals surface area contributed by atoms with Crippen LogP contribution >= 0.6 is 0 Å². The van der Waals surface area contributed by atoms with Gasteiger partial charge in [0.25, 0.3) is 0 Å². The van der Waals surface area contributed by atoms with Crippen LogP contribution in [0.1, 0.15) is 52.8 Å². The second kappa shape index (κ2) is 9.78. The maximum absolute atomic E-state index is 11.6. The summed E-state index contributed by atoms with van der Waals surface area (Å²) in [6.07, 6.45) is 6.94. The number of fused-ring (bicyclic) bond motifs is 1. The molecule has 0 spiro atoms. The maximum Gasteiger partial charge on any atom is 0.219 e. The fourth-order valence-corrected chi connectivity index (χ4v) is 5.81. The Hall–Kier alpha value is -2.14. The van der Waals surface area contributed by atoms with E-state index in [-0.39, 0.29) is 5.91 Å². The lowest BCUT2D eigenvalue weighted by atomic mass is 9.69. The highest BCUT2D eigenvalue weighted by atomic mass is 16.2. The van der Waals surface area contributed by atoms with E-state index >= 15 is 0 Å². The summed E-state index contributed by atoms with van der Waals surface area (Å²) in [5.74, 6) is 3.89. The zero-order valence-electron chi connectivity index (χ0n) is 20.5. The Kier molecular flexibility index (Phi) is 7.04. The zero-order valence-corrected chi connectivity index (χ0v) is 20.5. The number of aromatic nitrogens is 2. The molecule has 1 aromatic carbocycles. The Bertz CT molecular complexity index is 967. The van der Waals surface area contributed by atoms with E-state index in [2.05, 4.69) is 68.0 Å². The zero-order chi connectivity index (χ0) is 22.8. The molecule has 5 heteroatoms. The first kappa shape index (κ1) is 23.0. The van der Waals surface area contributed by atoms with Crippen molar-refractivity contribution < 1.29 is 4.79 Å². The SMILES string of the molecule is CC(=O)N1CCC(NC[C@@H]2C=C(C)[C@H](Cc3nc4ccccc4n3C)C[C@H]2C(C)C)CC1. The van der Waals surface area contributed by atoms with Gasteiger partial charge in [0.2, 0.25) is 5.91 Å². The molecule has 3 atom stereocenters. The third kappa shape index (κ3) is 4.93. The molecule has 1 aromatic heterocycles. The standard InChI is InChI=1S/C27H40N4O/c1-18(2)24-15-21(16-27-29-25-8-6-7-9-26(25)30(27)5)19(3)14-22(24)17-28-23-10-12-31(13-11-23)20(4)32/h6-9,14,18,21-24,28H,10-13,15-17H2,1-5H3/t21-,22-,24-/m0/s1. The lowest BCUT2D eigenvalue weighted by molar-refractivity contribution is -0.129. The largest absolute Gasteiger partial charge is 0.343 e. The summed E-state index contributed by atoms with van der Waals surface area (Å²) < 4.78 is 2.27. The monoisotopic (exact) mass is 436 g/mol. The molecule has 4 rings (SSSR count). The van der Waals surface area contributed by atoms with Crippen molar-refractivity contribution in [3.8, 4) is 0 Å². The van der Waals surface area contributed by atoms with E-state index in [9.17, 15) is 4.79 Å². The molecule has 0 bridgehead atoms. The molecule has 1 fully saturated rings. The number of allylic oxidation sites excluding steroid dienone is 1. The number of imidazole rings is 1. The summed E-state index contributed by atoms with van der Waals surface area (Å²) in [6.45, 7) is 11.6. The first-order chi connectivity index (χ1) is 15.3. The highest BCUT2D eigenvalue weighted by molar-refractivity contribution is 5.75. The molecule has 174 valence electrons. The normalized spacial score (nSPS) is 24.9. The fraction of sp³-hybridized carbons (Fsp3) is 0.630. The van der Waals surface area contributed by atoms with Crippen molar-refractivity contribution in [2.24, 2.45) is 30.7 Å². The average molecular weight is 437 g/mol. The molecule has 0 radical (unpaired) electrons. The van der Waals surface area contributed by atoms with Crippen LogP contribution in [-0.2, 0) is 18.3 Å². The number of nitrogens with zero attached hydrogens (tertiary/aromatic N) is 3. The van der Waals surface area contributed by atoms with Crippen LogP contribution in [0.2, 0.25) is 0 Å². The van der Waals surface area contributed by atoms with Crippen LogP contribution in [0, 0.1) is 23.7 Å². The van der Waals surface area contributed by atoms with E-state index in [1.807, 2.05) is 4.90 Å². The van der Waals surface area contributed by atoms with Crippen molar-refractivity contribution >= 4 is 16.9 Å². The second-order valence-electron chi connectivity index (χ2n) is 10.4. The molecule has 0 saturated carbocycles. The predicted octanol–water partition coefficient (Wildman–Crippen LogP) is 4.57. The smallest absolute Gasteiger partial charge is 0.219 e. The number of aryl methyl sites for hydroxylation is 1. The molecule has 1 aliphatic heterocycles. The number of piperidine rings is 1. The maximum atomic E-state index is 11.6. The van der Waals surface area contributed by atoms with Gasteiger partial charge in [0.1, 0.15) is 5.82 Å². The van der Waals surface area contributed by atoms with E-state index in [0.717, 1.165) is 44.4 Å². The minimum atomic E-state index is 0.209. The van der Waals surface area contributed by atoms with Gasteiger partial charge in [-0.1, -0.05) is 37.6 Å². The lowest BCUT2D eigenvalue weighted by Crippen LogP contribution is -2.46. The van der Waals surface area contributed by atoms with Gasteiger partial charge in [-0.25, -0.2) is 4.98 Å². The van der Waals surface area contributed by atoms with Crippen LogP contribution in [-0.4, -0.2) is 46.0 Å². The molecular formula is C27H40N4O. The Balaban J connectivity index is 1.41. The van der Waals surface area contributed by atoms with E-state index < -0.39 is 0 Å². The van der Waals surface area contributed by atoms with Gasteiger partial charge in [-0.3, -0.25) is 4.79 Å². The minimum Gasteiger partial charge on any atom is -0.343 e. The Morgan fingerprint density at radius 1 is 1.22 bits per heavy atom. The van der Waals surface area contributed by atoms with Crippen LogP contribution in [0.4, 0.5) is 0 Å². The van der Waals surface area contributed by atoms with Crippen LogP contribution in [0.5, 0.6) is 0 Å². The van der Waals surface area contributed by atoms with Gasteiger partial charge in [-0.05, 0) is 62.0 Å². The Morgan fingerprint density at radius 3 is 2.59 bits per heavy atom. The number of carbonyl (C=O) groups is 1. The first-order valence-corrected chi connectivity index (χ1v) is 12.4. The van der Waals surface area contributed by atoms with Gasteiger partial charge in [0.15, 0.2) is 0 Å². The van der Waals surface area contributed by atoms with E-state index in [1.165, 1.54) is 23.3 Å².